The van der Waals surface area contributed by atoms with E-state index in [0.29, 0.717) is 17.1 Å². The molecule has 0 bridgehead atoms. The lowest BCUT2D eigenvalue weighted by atomic mass is 10.0. The van der Waals surface area contributed by atoms with Gasteiger partial charge in [-0.25, -0.2) is 4.79 Å². The fourth-order valence-electron chi connectivity index (χ4n) is 1.62. The highest BCUT2D eigenvalue weighted by Gasteiger charge is 2.26. The smallest absolute Gasteiger partial charge is 0.339 e. The SMILES string of the molecule is COC(=O)C(O)c1c(C)ccc(OC)c1OC. The van der Waals surface area contributed by atoms with E-state index in [9.17, 15) is 9.90 Å². The van der Waals surface area contributed by atoms with E-state index < -0.39 is 12.1 Å². The predicted molar refractivity (Wildman–Crippen MR) is 61.3 cm³/mol. The molecule has 1 N–H and O–H groups in total. The molecule has 0 heterocycles. The Bertz CT molecular complexity index is 414. The van der Waals surface area contributed by atoms with Gasteiger partial charge in [-0.15, -0.1) is 0 Å². The van der Waals surface area contributed by atoms with E-state index in [2.05, 4.69) is 4.74 Å². The maximum atomic E-state index is 11.4. The Hall–Kier alpha value is -1.75. The molecule has 0 amide bonds. The molecule has 1 rings (SSSR count). The Kier molecular flexibility index (Phi) is 4.34. The quantitative estimate of drug-likeness (QED) is 0.801. The summed E-state index contributed by atoms with van der Waals surface area (Å²) < 4.78 is 14.8. The highest BCUT2D eigenvalue weighted by molar-refractivity contribution is 5.78. The van der Waals surface area contributed by atoms with E-state index in [1.54, 1.807) is 19.1 Å². The minimum Gasteiger partial charge on any atom is -0.493 e. The third-order valence-corrected chi connectivity index (χ3v) is 2.50. The van der Waals surface area contributed by atoms with E-state index in [1.165, 1.54) is 21.3 Å². The van der Waals surface area contributed by atoms with Crippen molar-refractivity contribution < 1.29 is 24.1 Å². The molecule has 1 aromatic carbocycles. The molecule has 17 heavy (non-hydrogen) atoms. The standard InChI is InChI=1S/C12H16O5/c1-7-5-6-8(15-2)11(16-3)9(7)10(13)12(14)17-4/h5-6,10,13H,1-4H3. The van der Waals surface area contributed by atoms with Crippen molar-refractivity contribution in [2.45, 2.75) is 13.0 Å². The van der Waals surface area contributed by atoms with Crippen LogP contribution < -0.4 is 9.47 Å². The number of carbonyl (C=O) groups excluding carboxylic acids is 1. The van der Waals surface area contributed by atoms with Crippen molar-refractivity contribution in [3.05, 3.63) is 23.3 Å². The van der Waals surface area contributed by atoms with Crippen LogP contribution in [0.15, 0.2) is 12.1 Å². The summed E-state index contributed by atoms with van der Waals surface area (Å²) in [6, 6.07) is 3.45. The van der Waals surface area contributed by atoms with Gasteiger partial charge >= 0.3 is 5.97 Å². The molecule has 94 valence electrons. The van der Waals surface area contributed by atoms with Crippen LogP contribution in [0.3, 0.4) is 0 Å². The minimum atomic E-state index is -1.38. The molecule has 0 aromatic heterocycles. The fraction of sp³-hybridized carbons (Fsp3) is 0.417. The zero-order valence-electron chi connectivity index (χ0n) is 10.3. The number of aryl methyl sites for hydroxylation is 1. The van der Waals surface area contributed by atoms with E-state index >= 15 is 0 Å². The summed E-state index contributed by atoms with van der Waals surface area (Å²) >= 11 is 0. The second-order valence-electron chi connectivity index (χ2n) is 3.46. The molecular weight excluding hydrogens is 224 g/mol. The van der Waals surface area contributed by atoms with Gasteiger partial charge in [-0.05, 0) is 18.6 Å². The summed E-state index contributed by atoms with van der Waals surface area (Å²) in [7, 11) is 4.15. The lowest BCUT2D eigenvalue weighted by Gasteiger charge is -2.17. The number of ether oxygens (including phenoxy) is 3. The highest BCUT2D eigenvalue weighted by atomic mass is 16.5. The number of aliphatic hydroxyl groups is 1. The molecule has 0 saturated heterocycles. The monoisotopic (exact) mass is 240 g/mol. The van der Waals surface area contributed by atoms with Crippen LogP contribution in [0.1, 0.15) is 17.2 Å². The van der Waals surface area contributed by atoms with Crippen molar-refractivity contribution in [2.75, 3.05) is 21.3 Å². The Morgan fingerprint density at radius 2 is 1.88 bits per heavy atom. The van der Waals surface area contributed by atoms with Crippen LogP contribution in [0.2, 0.25) is 0 Å². The second-order valence-corrected chi connectivity index (χ2v) is 3.46. The maximum Gasteiger partial charge on any atom is 0.339 e. The first-order valence-corrected chi connectivity index (χ1v) is 5.04. The lowest BCUT2D eigenvalue weighted by Crippen LogP contribution is -2.16. The van der Waals surface area contributed by atoms with Gasteiger partial charge in [0.15, 0.2) is 17.6 Å². The number of esters is 1. The largest absolute Gasteiger partial charge is 0.493 e. The summed E-state index contributed by atoms with van der Waals surface area (Å²) in [5.74, 6) is 0.0566. The molecule has 1 aromatic rings. The normalized spacial score (nSPS) is 11.8. The zero-order chi connectivity index (χ0) is 13.0. The Morgan fingerprint density at radius 3 is 2.35 bits per heavy atom. The topological polar surface area (TPSA) is 65.0 Å². The van der Waals surface area contributed by atoms with Crippen molar-refractivity contribution in [3.63, 3.8) is 0 Å². The van der Waals surface area contributed by atoms with Gasteiger partial charge in [0, 0.05) is 5.56 Å². The summed E-state index contributed by atoms with van der Waals surface area (Å²) in [6.45, 7) is 1.77. The molecular formula is C12H16O5. The van der Waals surface area contributed by atoms with Gasteiger partial charge in [-0.3, -0.25) is 0 Å². The summed E-state index contributed by atoms with van der Waals surface area (Å²) in [5.41, 5.74) is 1.08. The Labute approximate surface area is 99.9 Å². The Balaban J connectivity index is 3.34. The molecule has 0 aliphatic carbocycles. The van der Waals surface area contributed by atoms with Crippen LogP contribution in [-0.4, -0.2) is 32.4 Å². The van der Waals surface area contributed by atoms with Crippen LogP contribution in [0.5, 0.6) is 11.5 Å². The molecule has 0 aliphatic rings. The number of rotatable bonds is 4. The third-order valence-electron chi connectivity index (χ3n) is 2.50. The number of aliphatic hydroxyl groups excluding tert-OH is 1. The maximum absolute atomic E-state index is 11.4. The fourth-order valence-corrected chi connectivity index (χ4v) is 1.62. The van der Waals surface area contributed by atoms with Gasteiger partial charge in [0.05, 0.1) is 21.3 Å². The summed E-state index contributed by atoms with van der Waals surface area (Å²) in [5, 5.41) is 9.89. The molecule has 5 heteroatoms. The second kappa shape index (κ2) is 5.54. The number of methoxy groups -OCH3 is 3. The van der Waals surface area contributed by atoms with Gasteiger partial charge in [-0.2, -0.15) is 0 Å². The van der Waals surface area contributed by atoms with E-state index in [1.807, 2.05) is 0 Å². The molecule has 0 aliphatic heterocycles. The van der Waals surface area contributed by atoms with Crippen molar-refractivity contribution in [1.29, 1.82) is 0 Å². The van der Waals surface area contributed by atoms with E-state index in [-0.39, 0.29) is 0 Å². The van der Waals surface area contributed by atoms with Crippen LogP contribution in [-0.2, 0) is 9.53 Å². The van der Waals surface area contributed by atoms with E-state index in [4.69, 9.17) is 9.47 Å². The zero-order valence-corrected chi connectivity index (χ0v) is 10.3. The van der Waals surface area contributed by atoms with Crippen molar-refractivity contribution in [3.8, 4) is 11.5 Å². The first-order chi connectivity index (χ1) is 8.06. The number of hydrogen-bond acceptors (Lipinski definition) is 5. The molecule has 0 radical (unpaired) electrons. The van der Waals surface area contributed by atoms with Crippen LogP contribution >= 0.6 is 0 Å². The highest BCUT2D eigenvalue weighted by Crippen LogP contribution is 2.37. The number of benzene rings is 1. The number of carbonyl (C=O) groups is 1. The van der Waals surface area contributed by atoms with Crippen LogP contribution in [0.4, 0.5) is 0 Å². The van der Waals surface area contributed by atoms with Crippen LogP contribution in [0.25, 0.3) is 0 Å². The van der Waals surface area contributed by atoms with Crippen LogP contribution in [0, 0.1) is 6.92 Å². The molecule has 1 unspecified atom stereocenters. The molecule has 0 saturated carbocycles. The molecule has 1 atom stereocenters. The van der Waals surface area contributed by atoms with E-state index in [0.717, 1.165) is 5.56 Å². The Morgan fingerprint density at radius 1 is 1.24 bits per heavy atom. The predicted octanol–water partition coefficient (Wildman–Crippen LogP) is 1.22. The first kappa shape index (κ1) is 13.3. The number of hydrogen-bond donors (Lipinski definition) is 1. The van der Waals surface area contributed by atoms with Gasteiger partial charge in [0.2, 0.25) is 0 Å². The molecule has 0 fully saturated rings. The minimum absolute atomic E-state index is 0.338. The van der Waals surface area contributed by atoms with Gasteiger partial charge in [0.1, 0.15) is 0 Å². The van der Waals surface area contributed by atoms with Crippen molar-refractivity contribution in [1.82, 2.24) is 0 Å². The lowest BCUT2D eigenvalue weighted by molar-refractivity contribution is -0.150. The average Bonchev–Trinajstić information content (AvgIpc) is 2.36. The third kappa shape index (κ3) is 2.50. The first-order valence-electron chi connectivity index (χ1n) is 5.04. The average molecular weight is 240 g/mol. The van der Waals surface area contributed by atoms with Gasteiger partial charge in [-0.1, -0.05) is 6.07 Å². The summed E-state index contributed by atoms with van der Waals surface area (Å²) in [4.78, 5) is 11.4. The summed E-state index contributed by atoms with van der Waals surface area (Å²) in [6.07, 6.45) is -1.38. The van der Waals surface area contributed by atoms with Crippen molar-refractivity contribution >= 4 is 5.97 Å². The van der Waals surface area contributed by atoms with Crippen molar-refractivity contribution in [2.24, 2.45) is 0 Å². The van der Waals surface area contributed by atoms with Gasteiger partial charge < -0.3 is 19.3 Å². The van der Waals surface area contributed by atoms with Gasteiger partial charge in [0.25, 0.3) is 0 Å². The molecule has 5 nitrogen and oxygen atoms in total. The molecule has 0 spiro atoms.